The van der Waals surface area contributed by atoms with Gasteiger partial charge in [0.05, 0.1) is 17.0 Å². The van der Waals surface area contributed by atoms with Crippen molar-refractivity contribution in [3.05, 3.63) is 23.0 Å². The lowest BCUT2D eigenvalue weighted by atomic mass is 9.94. The molecule has 0 radical (unpaired) electrons. The number of hydrogen-bond acceptors (Lipinski definition) is 4. The van der Waals surface area contributed by atoms with Crippen LogP contribution in [-0.2, 0) is 6.42 Å². The molecule has 0 saturated heterocycles. The molecule has 0 aliphatic carbocycles. The zero-order valence-electron chi connectivity index (χ0n) is 11.6. The summed E-state index contributed by atoms with van der Waals surface area (Å²) in [6, 6.07) is 1.77. The highest BCUT2D eigenvalue weighted by molar-refractivity contribution is 5.95. The fourth-order valence-electron chi connectivity index (χ4n) is 1.46. The molecule has 0 bridgehead atoms. The Morgan fingerprint density at radius 3 is 2.67 bits per heavy atom. The molecule has 1 aromatic heterocycles. The van der Waals surface area contributed by atoms with Crippen molar-refractivity contribution in [2.45, 2.75) is 34.1 Å². The van der Waals surface area contributed by atoms with Gasteiger partial charge in [0.1, 0.15) is 0 Å². The number of nitrogens with zero attached hydrogens (tertiary/aromatic N) is 2. The molecule has 0 saturated carbocycles. The van der Waals surface area contributed by atoms with E-state index in [2.05, 4.69) is 15.5 Å². The molecule has 18 heavy (non-hydrogen) atoms. The van der Waals surface area contributed by atoms with Crippen molar-refractivity contribution < 1.29 is 4.79 Å². The van der Waals surface area contributed by atoms with E-state index in [1.807, 2.05) is 27.7 Å². The number of carbonyl (C=O) groups is 1. The Labute approximate surface area is 108 Å². The lowest BCUT2D eigenvalue weighted by Gasteiger charge is -2.22. The van der Waals surface area contributed by atoms with E-state index >= 15 is 0 Å². The summed E-state index contributed by atoms with van der Waals surface area (Å²) in [6.07, 6.45) is 0.691. The van der Waals surface area contributed by atoms with Crippen LogP contribution in [0.1, 0.15) is 42.5 Å². The number of carbonyl (C=O) groups excluding carboxylic acids is 1. The van der Waals surface area contributed by atoms with Crippen molar-refractivity contribution in [3.63, 3.8) is 0 Å². The summed E-state index contributed by atoms with van der Waals surface area (Å²) >= 11 is 0. The molecule has 5 nitrogen and oxygen atoms in total. The Kier molecular flexibility index (Phi) is 4.78. The number of rotatable bonds is 5. The maximum Gasteiger partial charge on any atom is 0.253 e. The van der Waals surface area contributed by atoms with Crippen molar-refractivity contribution >= 4 is 5.91 Å². The normalized spacial score (nSPS) is 11.4. The summed E-state index contributed by atoms with van der Waals surface area (Å²) in [5.41, 5.74) is 7.62. The highest BCUT2D eigenvalue weighted by Gasteiger charge is 2.19. The third-order valence-corrected chi connectivity index (χ3v) is 2.85. The number of nitrogens with two attached hydrogens (primary N) is 1. The van der Waals surface area contributed by atoms with Gasteiger partial charge in [0, 0.05) is 6.54 Å². The van der Waals surface area contributed by atoms with Gasteiger partial charge in [-0.3, -0.25) is 4.79 Å². The molecule has 5 heteroatoms. The van der Waals surface area contributed by atoms with Gasteiger partial charge >= 0.3 is 0 Å². The van der Waals surface area contributed by atoms with Crippen LogP contribution < -0.4 is 11.1 Å². The number of nitrogens with one attached hydrogen (secondary N) is 1. The maximum absolute atomic E-state index is 12.1. The Hall–Kier alpha value is -1.49. The largest absolute Gasteiger partial charge is 0.351 e. The summed E-state index contributed by atoms with van der Waals surface area (Å²) in [4.78, 5) is 12.1. The average molecular weight is 250 g/mol. The van der Waals surface area contributed by atoms with Gasteiger partial charge in [-0.25, -0.2) is 0 Å². The molecular weight excluding hydrogens is 228 g/mol. The van der Waals surface area contributed by atoms with E-state index in [9.17, 15) is 4.79 Å². The molecule has 0 unspecified atom stereocenters. The first-order chi connectivity index (χ1) is 8.39. The van der Waals surface area contributed by atoms with Crippen molar-refractivity contribution in [3.8, 4) is 0 Å². The highest BCUT2D eigenvalue weighted by Crippen LogP contribution is 2.12. The molecule has 1 amide bonds. The van der Waals surface area contributed by atoms with Gasteiger partial charge in [0.25, 0.3) is 5.91 Å². The number of aryl methyl sites for hydroxylation is 2. The van der Waals surface area contributed by atoms with Crippen LogP contribution in [0, 0.1) is 12.3 Å². The van der Waals surface area contributed by atoms with Gasteiger partial charge < -0.3 is 11.1 Å². The second kappa shape index (κ2) is 5.91. The monoisotopic (exact) mass is 250 g/mol. The van der Waals surface area contributed by atoms with Gasteiger partial charge in [-0.2, -0.15) is 10.2 Å². The third kappa shape index (κ3) is 3.77. The molecule has 1 heterocycles. The van der Waals surface area contributed by atoms with Gasteiger partial charge in [-0.1, -0.05) is 20.8 Å². The molecule has 1 aromatic rings. The van der Waals surface area contributed by atoms with Gasteiger partial charge in [-0.05, 0) is 31.4 Å². The fraction of sp³-hybridized carbons (Fsp3) is 0.615. The molecule has 0 spiro atoms. The van der Waals surface area contributed by atoms with E-state index in [1.165, 1.54) is 0 Å². The average Bonchev–Trinajstić information content (AvgIpc) is 2.36. The standard InChI is InChI=1S/C13H22N4O/c1-5-11-10(6-9(2)16-17-11)12(18)15-8-13(3,4)7-14/h6H,5,7-8,14H2,1-4H3,(H,15,18). The fourth-order valence-corrected chi connectivity index (χ4v) is 1.46. The lowest BCUT2D eigenvalue weighted by Crippen LogP contribution is -2.38. The molecule has 0 fully saturated rings. The van der Waals surface area contributed by atoms with Gasteiger partial charge in [0.15, 0.2) is 0 Å². The first kappa shape index (κ1) is 14.6. The summed E-state index contributed by atoms with van der Waals surface area (Å²) in [5, 5.41) is 10.9. The molecule has 100 valence electrons. The van der Waals surface area contributed by atoms with Crippen LogP contribution in [-0.4, -0.2) is 29.2 Å². The quantitative estimate of drug-likeness (QED) is 0.819. The number of aromatic nitrogens is 2. The Balaban J connectivity index is 2.81. The zero-order valence-corrected chi connectivity index (χ0v) is 11.6. The second-order valence-corrected chi connectivity index (χ2v) is 5.25. The van der Waals surface area contributed by atoms with E-state index in [1.54, 1.807) is 6.07 Å². The first-order valence-electron chi connectivity index (χ1n) is 6.21. The SMILES string of the molecule is CCc1nnc(C)cc1C(=O)NCC(C)(C)CN. The summed E-state index contributed by atoms with van der Waals surface area (Å²) in [5.74, 6) is -0.105. The molecule has 0 aromatic carbocycles. The van der Waals surface area contributed by atoms with Crippen molar-refractivity contribution in [1.29, 1.82) is 0 Å². The van der Waals surface area contributed by atoms with Crippen LogP contribution in [0.4, 0.5) is 0 Å². The Morgan fingerprint density at radius 2 is 2.11 bits per heavy atom. The van der Waals surface area contributed by atoms with E-state index in [-0.39, 0.29) is 11.3 Å². The Morgan fingerprint density at radius 1 is 1.44 bits per heavy atom. The number of amides is 1. The minimum atomic E-state index is -0.105. The van der Waals surface area contributed by atoms with E-state index in [4.69, 9.17) is 5.73 Å². The van der Waals surface area contributed by atoms with Crippen LogP contribution in [0.3, 0.4) is 0 Å². The topological polar surface area (TPSA) is 80.9 Å². The van der Waals surface area contributed by atoms with E-state index < -0.39 is 0 Å². The first-order valence-corrected chi connectivity index (χ1v) is 6.21. The third-order valence-electron chi connectivity index (χ3n) is 2.85. The molecule has 0 atom stereocenters. The van der Waals surface area contributed by atoms with Crippen molar-refractivity contribution in [2.75, 3.05) is 13.1 Å². The smallest absolute Gasteiger partial charge is 0.253 e. The molecule has 0 aliphatic rings. The number of hydrogen-bond donors (Lipinski definition) is 2. The maximum atomic E-state index is 12.1. The van der Waals surface area contributed by atoms with Gasteiger partial charge in [0.2, 0.25) is 0 Å². The minimum Gasteiger partial charge on any atom is -0.351 e. The molecular formula is C13H22N4O. The molecule has 0 aliphatic heterocycles. The van der Waals surface area contributed by atoms with Crippen LogP contribution in [0.15, 0.2) is 6.07 Å². The predicted molar refractivity (Wildman–Crippen MR) is 71.3 cm³/mol. The Bertz CT molecular complexity index is 429. The summed E-state index contributed by atoms with van der Waals surface area (Å²) < 4.78 is 0. The molecule has 1 rings (SSSR count). The van der Waals surface area contributed by atoms with Crippen LogP contribution in [0.2, 0.25) is 0 Å². The minimum absolute atomic E-state index is 0.0997. The van der Waals surface area contributed by atoms with Gasteiger partial charge in [-0.15, -0.1) is 0 Å². The summed E-state index contributed by atoms with van der Waals surface area (Å²) in [7, 11) is 0. The van der Waals surface area contributed by atoms with E-state index in [0.717, 1.165) is 11.4 Å². The summed E-state index contributed by atoms with van der Waals surface area (Å²) in [6.45, 7) is 8.90. The van der Waals surface area contributed by atoms with Crippen molar-refractivity contribution in [2.24, 2.45) is 11.1 Å². The highest BCUT2D eigenvalue weighted by atomic mass is 16.1. The lowest BCUT2D eigenvalue weighted by molar-refractivity contribution is 0.0936. The van der Waals surface area contributed by atoms with E-state index in [0.29, 0.717) is 25.1 Å². The predicted octanol–water partition coefficient (Wildman–Crippen LogP) is 1.06. The van der Waals surface area contributed by atoms with Crippen LogP contribution in [0.5, 0.6) is 0 Å². The molecule has 3 N–H and O–H groups in total. The van der Waals surface area contributed by atoms with Crippen LogP contribution >= 0.6 is 0 Å². The van der Waals surface area contributed by atoms with Crippen LogP contribution in [0.25, 0.3) is 0 Å². The van der Waals surface area contributed by atoms with Crippen molar-refractivity contribution in [1.82, 2.24) is 15.5 Å². The zero-order chi connectivity index (χ0) is 13.8. The second-order valence-electron chi connectivity index (χ2n) is 5.25.